The van der Waals surface area contributed by atoms with Crippen molar-refractivity contribution < 1.29 is 24.2 Å². The summed E-state index contributed by atoms with van der Waals surface area (Å²) in [5.74, 6) is -1.19. The number of hydrogen-bond acceptors (Lipinski definition) is 6. The number of ether oxygens (including phenoxy) is 1. The zero-order valence-corrected chi connectivity index (χ0v) is 18.9. The predicted octanol–water partition coefficient (Wildman–Crippen LogP) is 3.20. The van der Waals surface area contributed by atoms with E-state index in [0.29, 0.717) is 5.82 Å². The molecule has 1 fully saturated rings. The number of alkyl carbamates (subject to hydrolysis) is 1. The molecule has 1 aromatic heterocycles. The summed E-state index contributed by atoms with van der Waals surface area (Å²) in [4.78, 5) is 45.6. The number of amides is 2. The lowest BCUT2D eigenvalue weighted by Crippen LogP contribution is -2.37. The van der Waals surface area contributed by atoms with Crippen LogP contribution in [0.3, 0.4) is 0 Å². The Kier molecular flexibility index (Phi) is 6.13. The van der Waals surface area contributed by atoms with Crippen LogP contribution in [0.25, 0.3) is 11.1 Å². The molecule has 0 radical (unpaired) electrons. The van der Waals surface area contributed by atoms with Crippen molar-refractivity contribution in [3.8, 4) is 11.1 Å². The van der Waals surface area contributed by atoms with E-state index in [4.69, 9.17) is 9.84 Å². The Labute approximate surface area is 201 Å². The van der Waals surface area contributed by atoms with Crippen LogP contribution >= 0.6 is 0 Å². The molecular weight excluding hydrogens is 448 g/mol. The molecule has 2 aliphatic rings. The van der Waals surface area contributed by atoms with Gasteiger partial charge in [-0.15, -0.1) is 0 Å². The van der Waals surface area contributed by atoms with Crippen LogP contribution in [0.15, 0.2) is 60.9 Å². The van der Waals surface area contributed by atoms with Gasteiger partial charge >= 0.3 is 12.1 Å². The van der Waals surface area contributed by atoms with Crippen molar-refractivity contribution >= 4 is 18.0 Å². The van der Waals surface area contributed by atoms with Gasteiger partial charge < -0.3 is 20.1 Å². The van der Waals surface area contributed by atoms with Crippen molar-refractivity contribution in [1.29, 1.82) is 0 Å². The summed E-state index contributed by atoms with van der Waals surface area (Å²) in [5, 5.41) is 11.7. The van der Waals surface area contributed by atoms with Crippen LogP contribution in [0.4, 0.5) is 4.79 Å². The van der Waals surface area contributed by atoms with Crippen molar-refractivity contribution in [2.24, 2.45) is 0 Å². The molecule has 0 bridgehead atoms. The number of carboxylic acids is 1. The summed E-state index contributed by atoms with van der Waals surface area (Å²) in [6.45, 7) is -0.115. The Morgan fingerprint density at radius 2 is 1.57 bits per heavy atom. The predicted molar refractivity (Wildman–Crippen MR) is 126 cm³/mol. The van der Waals surface area contributed by atoms with E-state index in [9.17, 15) is 14.4 Å². The lowest BCUT2D eigenvalue weighted by Gasteiger charge is -2.19. The normalized spacial score (nSPS) is 14.1. The van der Waals surface area contributed by atoms with E-state index in [1.54, 1.807) is 0 Å². The number of carbonyl (C=O) groups is 3. The molecule has 2 aliphatic carbocycles. The fraction of sp³-hybridized carbons (Fsp3) is 0.269. The van der Waals surface area contributed by atoms with Gasteiger partial charge in [0.25, 0.3) is 5.91 Å². The van der Waals surface area contributed by atoms with E-state index in [0.717, 1.165) is 35.1 Å². The molecule has 0 unspecified atom stereocenters. The number of benzene rings is 2. The number of carbonyl (C=O) groups excluding carboxylic acids is 2. The molecule has 1 heterocycles. The maximum atomic E-state index is 12.6. The summed E-state index contributed by atoms with van der Waals surface area (Å²) in [6, 6.07) is 16.2. The highest BCUT2D eigenvalue weighted by Crippen LogP contribution is 2.44. The Morgan fingerprint density at radius 3 is 2.14 bits per heavy atom. The van der Waals surface area contributed by atoms with Gasteiger partial charge in [0, 0.05) is 24.4 Å². The van der Waals surface area contributed by atoms with Crippen LogP contribution < -0.4 is 5.32 Å². The van der Waals surface area contributed by atoms with Crippen molar-refractivity contribution in [2.45, 2.75) is 31.3 Å². The summed E-state index contributed by atoms with van der Waals surface area (Å²) in [7, 11) is 0. The highest BCUT2D eigenvalue weighted by Gasteiger charge is 2.34. The number of fused-ring (bicyclic) bond motifs is 3. The third-order valence-corrected chi connectivity index (χ3v) is 6.24. The number of aliphatic carboxylic acids is 1. The van der Waals surface area contributed by atoms with Gasteiger partial charge in [0.1, 0.15) is 19.0 Å². The SMILES string of the molecule is O=C(O)CN(C(=O)c1cnc(CNC(=O)OCC2c3ccccc3-c3ccccc32)nc1)C1CC1. The topological polar surface area (TPSA) is 122 Å². The Hall–Kier alpha value is -4.27. The summed E-state index contributed by atoms with van der Waals surface area (Å²) in [5.41, 5.74) is 4.79. The van der Waals surface area contributed by atoms with E-state index >= 15 is 0 Å². The third kappa shape index (κ3) is 4.84. The molecule has 2 amide bonds. The largest absolute Gasteiger partial charge is 0.480 e. The van der Waals surface area contributed by atoms with Crippen LogP contribution in [-0.4, -0.2) is 57.1 Å². The van der Waals surface area contributed by atoms with E-state index in [1.165, 1.54) is 17.3 Å². The molecule has 0 aliphatic heterocycles. The van der Waals surface area contributed by atoms with Crippen LogP contribution in [0, 0.1) is 0 Å². The van der Waals surface area contributed by atoms with Gasteiger partial charge in [-0.05, 0) is 35.1 Å². The van der Waals surface area contributed by atoms with E-state index in [-0.39, 0.29) is 37.2 Å². The minimum atomic E-state index is -1.06. The molecule has 35 heavy (non-hydrogen) atoms. The molecule has 2 aromatic carbocycles. The average Bonchev–Trinajstić information content (AvgIpc) is 3.67. The molecule has 5 rings (SSSR count). The van der Waals surface area contributed by atoms with E-state index < -0.39 is 18.0 Å². The standard InChI is InChI=1S/C26H24N4O5/c31-24(32)14-30(17-9-10-17)25(33)16-11-27-23(28-12-16)13-29-26(34)35-15-22-20-7-3-1-5-18(20)19-6-2-4-8-21(19)22/h1-8,11-12,17,22H,9-10,13-15H2,(H,29,34)(H,31,32). The van der Waals surface area contributed by atoms with Crippen molar-refractivity contribution in [1.82, 2.24) is 20.2 Å². The molecule has 1 saturated carbocycles. The van der Waals surface area contributed by atoms with Gasteiger partial charge in [-0.1, -0.05) is 48.5 Å². The number of aromatic nitrogens is 2. The van der Waals surface area contributed by atoms with Crippen LogP contribution in [0.2, 0.25) is 0 Å². The first-order valence-corrected chi connectivity index (χ1v) is 11.4. The van der Waals surface area contributed by atoms with Crippen LogP contribution in [0.1, 0.15) is 46.1 Å². The number of nitrogens with one attached hydrogen (secondary N) is 1. The van der Waals surface area contributed by atoms with Crippen molar-refractivity contribution in [3.63, 3.8) is 0 Å². The third-order valence-electron chi connectivity index (χ3n) is 6.24. The zero-order valence-electron chi connectivity index (χ0n) is 18.9. The minimum Gasteiger partial charge on any atom is -0.480 e. The highest BCUT2D eigenvalue weighted by atomic mass is 16.5. The molecule has 9 nitrogen and oxygen atoms in total. The monoisotopic (exact) mass is 472 g/mol. The Bertz CT molecular complexity index is 1230. The van der Waals surface area contributed by atoms with Gasteiger partial charge in [0.05, 0.1) is 12.1 Å². The van der Waals surface area contributed by atoms with Gasteiger partial charge in [0.2, 0.25) is 0 Å². The zero-order chi connectivity index (χ0) is 24.4. The average molecular weight is 473 g/mol. The number of rotatable bonds is 8. The molecule has 9 heteroatoms. The van der Waals surface area contributed by atoms with Gasteiger partial charge in [-0.25, -0.2) is 14.8 Å². The van der Waals surface area contributed by atoms with Crippen LogP contribution in [-0.2, 0) is 16.1 Å². The molecule has 178 valence electrons. The van der Waals surface area contributed by atoms with Crippen molar-refractivity contribution in [3.05, 3.63) is 83.4 Å². The lowest BCUT2D eigenvalue weighted by atomic mass is 9.98. The van der Waals surface area contributed by atoms with Crippen molar-refractivity contribution in [2.75, 3.05) is 13.2 Å². The Balaban J connectivity index is 1.16. The number of carboxylic acid groups (broad SMARTS) is 1. The summed E-state index contributed by atoms with van der Waals surface area (Å²) in [6.07, 6.45) is 3.70. The number of nitrogens with zero attached hydrogens (tertiary/aromatic N) is 3. The number of hydrogen-bond donors (Lipinski definition) is 2. The first-order chi connectivity index (χ1) is 17.0. The fourth-order valence-electron chi connectivity index (χ4n) is 4.42. The summed E-state index contributed by atoms with van der Waals surface area (Å²) >= 11 is 0. The van der Waals surface area contributed by atoms with E-state index in [1.807, 2.05) is 24.3 Å². The van der Waals surface area contributed by atoms with Gasteiger partial charge in [-0.3, -0.25) is 9.59 Å². The molecule has 0 spiro atoms. The molecular formula is C26H24N4O5. The first kappa shape index (κ1) is 22.5. The molecule has 2 N–H and O–H groups in total. The second-order valence-electron chi connectivity index (χ2n) is 8.63. The summed E-state index contributed by atoms with van der Waals surface area (Å²) < 4.78 is 5.50. The highest BCUT2D eigenvalue weighted by molar-refractivity contribution is 5.95. The van der Waals surface area contributed by atoms with Gasteiger partial charge in [-0.2, -0.15) is 0 Å². The Morgan fingerprint density at radius 1 is 0.971 bits per heavy atom. The van der Waals surface area contributed by atoms with Crippen LogP contribution in [0.5, 0.6) is 0 Å². The fourth-order valence-corrected chi connectivity index (χ4v) is 4.42. The second-order valence-corrected chi connectivity index (χ2v) is 8.63. The smallest absolute Gasteiger partial charge is 0.407 e. The van der Waals surface area contributed by atoms with E-state index in [2.05, 4.69) is 39.6 Å². The maximum Gasteiger partial charge on any atom is 0.407 e. The second kappa shape index (κ2) is 9.54. The lowest BCUT2D eigenvalue weighted by molar-refractivity contribution is -0.137. The molecule has 0 atom stereocenters. The molecule has 0 saturated heterocycles. The quantitative estimate of drug-likeness (QED) is 0.516. The first-order valence-electron chi connectivity index (χ1n) is 11.4. The minimum absolute atomic E-state index is 0.0325. The molecule has 3 aromatic rings. The van der Waals surface area contributed by atoms with Gasteiger partial charge in [0.15, 0.2) is 0 Å². The maximum absolute atomic E-state index is 12.6.